The topological polar surface area (TPSA) is 58.1 Å². The minimum absolute atomic E-state index is 0.427. The average molecular weight is 375 g/mol. The number of nitrogens with one attached hydrogen (secondary N) is 2. The van der Waals surface area contributed by atoms with Crippen LogP contribution in [0.5, 0.6) is 0 Å². The molecule has 2 unspecified atom stereocenters. The van der Waals surface area contributed by atoms with E-state index in [4.69, 9.17) is 9.47 Å². The summed E-state index contributed by atoms with van der Waals surface area (Å²) in [5.41, 5.74) is 2.61. The Morgan fingerprint density at radius 3 is 2.89 bits per heavy atom. The van der Waals surface area contributed by atoms with E-state index in [-0.39, 0.29) is 0 Å². The molecule has 0 saturated carbocycles. The number of ether oxygens (including phenoxy) is 2. The third kappa shape index (κ3) is 6.40. The Morgan fingerprint density at radius 2 is 2.15 bits per heavy atom. The summed E-state index contributed by atoms with van der Waals surface area (Å²) < 4.78 is 11.1. The Balaban J connectivity index is 1.30. The number of benzene rings is 1. The fourth-order valence-corrected chi connectivity index (χ4v) is 3.60. The standard InChI is InChI=1S/C21H34N4O2/c1-17-4-6-20(7-5-17)25-11-8-19(14-25)24-21(22-2)23-10-3-12-26-15-18-9-13-27-16-18/h4-7,18-19H,3,8-16H2,1-2H3,(H2,22,23,24). The molecule has 3 rings (SSSR count). The highest BCUT2D eigenvalue weighted by atomic mass is 16.5. The molecule has 0 radical (unpaired) electrons. The molecular formula is C21H34N4O2. The zero-order valence-electron chi connectivity index (χ0n) is 16.7. The third-order valence-corrected chi connectivity index (χ3v) is 5.29. The van der Waals surface area contributed by atoms with Crippen LogP contribution in [-0.4, -0.2) is 65.1 Å². The van der Waals surface area contributed by atoms with Crippen molar-refractivity contribution in [3.63, 3.8) is 0 Å². The molecule has 6 nitrogen and oxygen atoms in total. The molecule has 150 valence electrons. The van der Waals surface area contributed by atoms with Gasteiger partial charge in [-0.05, 0) is 38.3 Å². The van der Waals surface area contributed by atoms with Crippen LogP contribution < -0.4 is 15.5 Å². The van der Waals surface area contributed by atoms with Crippen LogP contribution in [-0.2, 0) is 9.47 Å². The lowest BCUT2D eigenvalue weighted by atomic mass is 10.1. The van der Waals surface area contributed by atoms with Gasteiger partial charge >= 0.3 is 0 Å². The quantitative estimate of drug-likeness (QED) is 0.415. The largest absolute Gasteiger partial charge is 0.381 e. The van der Waals surface area contributed by atoms with Gasteiger partial charge in [-0.25, -0.2) is 0 Å². The number of aliphatic imine (C=N–C) groups is 1. The zero-order valence-corrected chi connectivity index (χ0v) is 16.7. The smallest absolute Gasteiger partial charge is 0.191 e. The Bertz CT molecular complexity index is 584. The predicted molar refractivity (Wildman–Crippen MR) is 111 cm³/mol. The molecule has 0 amide bonds. The van der Waals surface area contributed by atoms with E-state index in [0.29, 0.717) is 12.0 Å². The van der Waals surface area contributed by atoms with Gasteiger partial charge in [0.25, 0.3) is 0 Å². The summed E-state index contributed by atoms with van der Waals surface area (Å²) in [6, 6.07) is 9.21. The molecule has 2 fully saturated rings. The highest BCUT2D eigenvalue weighted by molar-refractivity contribution is 5.80. The van der Waals surface area contributed by atoms with Crippen LogP contribution in [0.15, 0.2) is 29.3 Å². The van der Waals surface area contributed by atoms with E-state index in [9.17, 15) is 0 Å². The summed E-state index contributed by atoms with van der Waals surface area (Å²) in [5, 5.41) is 6.95. The van der Waals surface area contributed by atoms with Gasteiger partial charge in [-0.2, -0.15) is 0 Å². The van der Waals surface area contributed by atoms with E-state index in [1.165, 1.54) is 11.3 Å². The second-order valence-electron chi connectivity index (χ2n) is 7.57. The van der Waals surface area contributed by atoms with E-state index in [1.54, 1.807) is 0 Å². The Labute approximate surface area is 163 Å². The second-order valence-corrected chi connectivity index (χ2v) is 7.57. The van der Waals surface area contributed by atoms with Gasteiger partial charge in [0.2, 0.25) is 0 Å². The summed E-state index contributed by atoms with van der Waals surface area (Å²) in [5.74, 6) is 1.47. The highest BCUT2D eigenvalue weighted by Crippen LogP contribution is 2.20. The molecular weight excluding hydrogens is 340 g/mol. The molecule has 2 aliphatic rings. The lowest BCUT2D eigenvalue weighted by molar-refractivity contribution is 0.0888. The van der Waals surface area contributed by atoms with Gasteiger partial charge in [-0.3, -0.25) is 4.99 Å². The number of nitrogens with zero attached hydrogens (tertiary/aromatic N) is 2. The lowest BCUT2D eigenvalue weighted by Crippen LogP contribution is -2.45. The van der Waals surface area contributed by atoms with Crippen LogP contribution in [0.25, 0.3) is 0 Å². The van der Waals surface area contributed by atoms with Crippen LogP contribution in [0.2, 0.25) is 0 Å². The van der Waals surface area contributed by atoms with Gasteiger partial charge in [-0.1, -0.05) is 17.7 Å². The van der Waals surface area contributed by atoms with E-state index < -0.39 is 0 Å². The molecule has 0 spiro atoms. The van der Waals surface area contributed by atoms with Gasteiger partial charge in [0.1, 0.15) is 0 Å². The molecule has 0 aromatic heterocycles. The average Bonchev–Trinajstić information content (AvgIpc) is 3.36. The summed E-state index contributed by atoms with van der Waals surface area (Å²) in [6.45, 7) is 8.44. The molecule has 1 aromatic carbocycles. The summed E-state index contributed by atoms with van der Waals surface area (Å²) in [7, 11) is 1.83. The van der Waals surface area contributed by atoms with E-state index in [1.807, 2.05) is 7.05 Å². The van der Waals surface area contributed by atoms with Crippen LogP contribution in [0.3, 0.4) is 0 Å². The minimum Gasteiger partial charge on any atom is -0.381 e. The number of anilines is 1. The van der Waals surface area contributed by atoms with Crippen molar-refractivity contribution in [3.8, 4) is 0 Å². The fourth-order valence-electron chi connectivity index (χ4n) is 3.60. The second kappa shape index (κ2) is 10.5. The number of rotatable bonds is 8. The SMILES string of the molecule is CN=C(NCCCOCC1CCOC1)NC1CCN(c2ccc(C)cc2)C1. The van der Waals surface area contributed by atoms with Crippen molar-refractivity contribution >= 4 is 11.6 Å². The summed E-state index contributed by atoms with van der Waals surface area (Å²) >= 11 is 0. The number of hydrogen-bond donors (Lipinski definition) is 2. The Hall–Kier alpha value is -1.79. The first-order valence-electron chi connectivity index (χ1n) is 10.2. The molecule has 6 heteroatoms. The zero-order chi connectivity index (χ0) is 18.9. The van der Waals surface area contributed by atoms with Crippen LogP contribution in [0.4, 0.5) is 5.69 Å². The van der Waals surface area contributed by atoms with Crippen molar-refractivity contribution in [3.05, 3.63) is 29.8 Å². The Morgan fingerprint density at radius 1 is 1.30 bits per heavy atom. The molecule has 2 atom stereocenters. The van der Waals surface area contributed by atoms with Crippen LogP contribution in [0.1, 0.15) is 24.8 Å². The first-order chi connectivity index (χ1) is 13.2. The van der Waals surface area contributed by atoms with Crippen molar-refractivity contribution in [2.24, 2.45) is 10.9 Å². The van der Waals surface area contributed by atoms with Crippen molar-refractivity contribution in [2.45, 2.75) is 32.2 Å². The van der Waals surface area contributed by atoms with Gasteiger partial charge < -0.3 is 25.0 Å². The normalized spacial score (nSPS) is 23.0. The molecule has 2 N–H and O–H groups in total. The molecule has 27 heavy (non-hydrogen) atoms. The maximum Gasteiger partial charge on any atom is 0.191 e. The summed E-state index contributed by atoms with van der Waals surface area (Å²) in [4.78, 5) is 6.80. The van der Waals surface area contributed by atoms with Crippen LogP contribution >= 0.6 is 0 Å². The molecule has 2 heterocycles. The molecule has 0 aliphatic carbocycles. The highest BCUT2D eigenvalue weighted by Gasteiger charge is 2.23. The number of aryl methyl sites for hydroxylation is 1. The maximum atomic E-state index is 5.75. The van der Waals surface area contributed by atoms with E-state index in [0.717, 1.165) is 71.3 Å². The monoisotopic (exact) mass is 374 g/mol. The Kier molecular flexibility index (Phi) is 7.78. The number of hydrogen-bond acceptors (Lipinski definition) is 4. The van der Waals surface area contributed by atoms with Crippen molar-refractivity contribution < 1.29 is 9.47 Å². The summed E-state index contributed by atoms with van der Waals surface area (Å²) in [6.07, 6.45) is 3.24. The molecule has 2 aliphatic heterocycles. The lowest BCUT2D eigenvalue weighted by Gasteiger charge is -2.20. The van der Waals surface area contributed by atoms with E-state index in [2.05, 4.69) is 51.7 Å². The molecule has 0 bridgehead atoms. The van der Waals surface area contributed by atoms with Gasteiger partial charge in [0.15, 0.2) is 5.96 Å². The first kappa shape index (κ1) is 20.0. The predicted octanol–water partition coefficient (Wildman–Crippen LogP) is 2.18. The van der Waals surface area contributed by atoms with Gasteiger partial charge in [0, 0.05) is 57.5 Å². The molecule has 2 saturated heterocycles. The van der Waals surface area contributed by atoms with E-state index >= 15 is 0 Å². The minimum atomic E-state index is 0.427. The third-order valence-electron chi connectivity index (χ3n) is 5.29. The van der Waals surface area contributed by atoms with Crippen LogP contribution in [0, 0.1) is 12.8 Å². The van der Waals surface area contributed by atoms with Crippen molar-refractivity contribution in [1.82, 2.24) is 10.6 Å². The molecule has 1 aromatic rings. The van der Waals surface area contributed by atoms with Crippen molar-refractivity contribution in [1.29, 1.82) is 0 Å². The first-order valence-corrected chi connectivity index (χ1v) is 10.2. The fraction of sp³-hybridized carbons (Fsp3) is 0.667. The maximum absolute atomic E-state index is 5.75. The van der Waals surface area contributed by atoms with Gasteiger partial charge in [0.05, 0.1) is 13.2 Å². The van der Waals surface area contributed by atoms with Crippen molar-refractivity contribution in [2.75, 3.05) is 58.0 Å². The van der Waals surface area contributed by atoms with Gasteiger partial charge in [-0.15, -0.1) is 0 Å². The number of guanidine groups is 1.